The smallest absolute Gasteiger partial charge is 0.433 e. The van der Waals surface area contributed by atoms with Crippen LogP contribution in [0.15, 0.2) is 53.7 Å². The first-order valence-corrected chi connectivity index (χ1v) is 22.4. The number of benzene rings is 1. The van der Waals surface area contributed by atoms with Crippen LogP contribution in [0.3, 0.4) is 0 Å². The molecule has 10 N–H and O–H groups in total. The van der Waals surface area contributed by atoms with Crippen molar-refractivity contribution in [2.24, 2.45) is 16.6 Å². The molecule has 0 aliphatic heterocycles. The number of carbonyl (C=O) groups excluding carboxylic acids is 7. The number of ether oxygens (including phenoxy) is 3. The van der Waals surface area contributed by atoms with Crippen molar-refractivity contribution < 1.29 is 57.7 Å². The molecule has 3 rings (SSSR count). The van der Waals surface area contributed by atoms with Crippen molar-refractivity contribution in [2.45, 2.75) is 90.2 Å². The van der Waals surface area contributed by atoms with Gasteiger partial charge in [0, 0.05) is 68.9 Å². The van der Waals surface area contributed by atoms with Gasteiger partial charge in [0.1, 0.15) is 30.4 Å². The number of nitrogens with two attached hydrogens (primary N) is 1. The van der Waals surface area contributed by atoms with Crippen LogP contribution in [0.5, 0.6) is 0 Å². The minimum absolute atomic E-state index is 0.00103. The van der Waals surface area contributed by atoms with Crippen LogP contribution in [0.4, 0.5) is 15.3 Å². The first-order valence-electron chi connectivity index (χ1n) is 22.4. The summed E-state index contributed by atoms with van der Waals surface area (Å²) in [7, 11) is 3.68. The van der Waals surface area contributed by atoms with E-state index in [9.17, 15) is 43.5 Å². The molecule has 2 aromatic heterocycles. The molecule has 378 valence electrons. The molecule has 0 aliphatic carbocycles. The number of fused-ring (bicyclic) bond motifs is 1. The summed E-state index contributed by atoms with van der Waals surface area (Å²) < 4.78 is 17.9. The Balaban J connectivity index is 1.41. The number of carboxylic acid groups (broad SMARTS) is 1. The molecule has 24 nitrogen and oxygen atoms in total. The second-order valence-corrected chi connectivity index (χ2v) is 16.0. The molecule has 0 aliphatic rings. The number of aryl methyl sites for hydroxylation is 1. The molecule has 0 saturated carbocycles. The van der Waals surface area contributed by atoms with Crippen molar-refractivity contribution in [1.29, 1.82) is 0 Å². The van der Waals surface area contributed by atoms with E-state index in [0.717, 1.165) is 11.1 Å². The molecule has 0 unspecified atom stereocenters. The number of rotatable bonds is 32. The molecule has 0 fully saturated rings. The number of hydrogen-bond acceptors (Lipinski definition) is 14. The SMILES string of the molecule is C=NC(=O)OCc1ccc(NC(=O)[C@H](CCCNC(N)=O)NC(=O)[C@@H](NC(=O)CCOCCOCCNC(=O)[C@H](CCC(=O)O)NC(=O)CCn2c(CN(C)NC)cc3cccnc32)C(C)C)cc1. The van der Waals surface area contributed by atoms with Crippen LogP contribution in [0, 0.1) is 5.92 Å². The van der Waals surface area contributed by atoms with Gasteiger partial charge >= 0.3 is 18.1 Å². The molecular weight excluding hydrogens is 901 g/mol. The number of anilines is 1. The zero-order valence-electron chi connectivity index (χ0n) is 39.5. The van der Waals surface area contributed by atoms with E-state index in [0.29, 0.717) is 23.4 Å². The van der Waals surface area contributed by atoms with Gasteiger partial charge in [0.2, 0.25) is 29.5 Å². The lowest BCUT2D eigenvalue weighted by Crippen LogP contribution is -2.54. The van der Waals surface area contributed by atoms with E-state index in [4.69, 9.17) is 19.9 Å². The van der Waals surface area contributed by atoms with Crippen molar-refractivity contribution in [3.05, 3.63) is 59.9 Å². The number of hydrazine groups is 1. The number of hydrogen-bond donors (Lipinski definition) is 9. The average molecular weight is 967 g/mol. The quantitative estimate of drug-likeness (QED) is 0.0239. The second-order valence-electron chi connectivity index (χ2n) is 16.0. The summed E-state index contributed by atoms with van der Waals surface area (Å²) >= 11 is 0. The number of carbonyl (C=O) groups is 8. The fourth-order valence-electron chi connectivity index (χ4n) is 6.65. The molecule has 1 aromatic carbocycles. The van der Waals surface area contributed by atoms with Crippen LogP contribution in [0.25, 0.3) is 11.0 Å². The van der Waals surface area contributed by atoms with Gasteiger partial charge in [0.25, 0.3) is 0 Å². The molecule has 69 heavy (non-hydrogen) atoms. The van der Waals surface area contributed by atoms with Crippen LogP contribution in [0.1, 0.15) is 63.6 Å². The number of aliphatic carboxylic acids is 1. The third-order valence-electron chi connectivity index (χ3n) is 10.4. The minimum Gasteiger partial charge on any atom is -0.481 e. The summed E-state index contributed by atoms with van der Waals surface area (Å²) in [5.74, 6) is -4.11. The van der Waals surface area contributed by atoms with Gasteiger partial charge in [-0.05, 0) is 74.8 Å². The largest absolute Gasteiger partial charge is 0.481 e. The first kappa shape index (κ1) is 56.3. The van der Waals surface area contributed by atoms with Gasteiger partial charge in [0.15, 0.2) is 0 Å². The monoisotopic (exact) mass is 966 g/mol. The van der Waals surface area contributed by atoms with Crippen LogP contribution in [0.2, 0.25) is 0 Å². The lowest BCUT2D eigenvalue weighted by atomic mass is 10.0. The number of pyridine rings is 1. The number of urea groups is 1. The highest BCUT2D eigenvalue weighted by atomic mass is 16.5. The molecule has 0 saturated heterocycles. The number of aliphatic imine (C=N–C) groups is 1. The van der Waals surface area contributed by atoms with Gasteiger partial charge in [0.05, 0.1) is 33.0 Å². The lowest BCUT2D eigenvalue weighted by Gasteiger charge is -2.25. The van der Waals surface area contributed by atoms with E-state index in [1.807, 2.05) is 34.8 Å². The predicted molar refractivity (Wildman–Crippen MR) is 253 cm³/mol. The standard InChI is InChI=1S/C45H66N12O12/c1-29(2)39(43(64)54-34(9-7-19-51-44(46)65)42(63)52-32-12-10-30(11-13-32)28-69-45(66)47-3)55-37(59)17-22-67-24-25-68-23-20-50-41(62)35(14-15-38(60)61)53-36(58)16-21-57-33(27-56(5)48-4)26-31-8-6-18-49-40(31)57/h6,8,10-13,18,26,29,34-35,39,48H,3,7,9,14-17,19-25,27-28H2,1-2,4-5H3,(H,50,62)(H,52,63)(H,53,58)(H,54,64)(H,55,59)(H,60,61)(H3,46,51,65)/t34-,35-,39-/m0/s1. The van der Waals surface area contributed by atoms with E-state index in [1.54, 1.807) is 51.4 Å². The van der Waals surface area contributed by atoms with E-state index in [-0.39, 0.29) is 97.1 Å². The Labute approximate surface area is 400 Å². The lowest BCUT2D eigenvalue weighted by molar-refractivity contribution is -0.138. The molecule has 2 heterocycles. The molecule has 8 amide bonds. The molecule has 0 bridgehead atoms. The Kier molecular flexibility index (Phi) is 24.8. The fourth-order valence-corrected chi connectivity index (χ4v) is 6.65. The van der Waals surface area contributed by atoms with Gasteiger partial charge in [-0.1, -0.05) is 26.0 Å². The zero-order chi connectivity index (χ0) is 50.7. The predicted octanol–water partition coefficient (Wildman–Crippen LogP) is 0.932. The highest BCUT2D eigenvalue weighted by Crippen LogP contribution is 2.19. The maximum atomic E-state index is 13.5. The summed E-state index contributed by atoms with van der Waals surface area (Å²) in [4.78, 5) is 107. The van der Waals surface area contributed by atoms with E-state index in [1.165, 1.54) is 0 Å². The highest BCUT2D eigenvalue weighted by molar-refractivity contribution is 5.98. The van der Waals surface area contributed by atoms with Crippen molar-refractivity contribution in [3.63, 3.8) is 0 Å². The van der Waals surface area contributed by atoms with Crippen LogP contribution in [-0.2, 0) is 62.7 Å². The summed E-state index contributed by atoms with van der Waals surface area (Å²) in [5, 5.41) is 28.0. The summed E-state index contributed by atoms with van der Waals surface area (Å²) in [6.45, 7) is 7.86. The fraction of sp³-hybridized carbons (Fsp3) is 0.511. The zero-order valence-corrected chi connectivity index (χ0v) is 39.5. The van der Waals surface area contributed by atoms with Crippen LogP contribution >= 0.6 is 0 Å². The molecule has 0 radical (unpaired) electrons. The van der Waals surface area contributed by atoms with E-state index < -0.39 is 65.8 Å². The Morgan fingerprint density at radius 3 is 2.20 bits per heavy atom. The minimum atomic E-state index is -1.11. The Morgan fingerprint density at radius 1 is 0.841 bits per heavy atom. The van der Waals surface area contributed by atoms with Crippen molar-refractivity contribution >= 4 is 71.1 Å². The molecule has 0 spiro atoms. The number of carboxylic acids is 1. The molecular formula is C45H66N12O12. The molecule has 24 heteroatoms. The highest BCUT2D eigenvalue weighted by Gasteiger charge is 2.29. The van der Waals surface area contributed by atoms with Crippen molar-refractivity contribution in [3.8, 4) is 0 Å². The maximum Gasteiger partial charge on any atom is 0.433 e. The maximum absolute atomic E-state index is 13.5. The van der Waals surface area contributed by atoms with Gasteiger partial charge in [-0.15, -0.1) is 0 Å². The topological polar surface area (TPSA) is 328 Å². The van der Waals surface area contributed by atoms with Crippen molar-refractivity contribution in [2.75, 3.05) is 58.9 Å². The summed E-state index contributed by atoms with van der Waals surface area (Å²) in [6.07, 6.45) is 0.728. The van der Waals surface area contributed by atoms with E-state index >= 15 is 0 Å². The van der Waals surface area contributed by atoms with Gasteiger partial charge in [-0.25, -0.2) is 19.6 Å². The number of nitrogens with zero attached hydrogens (tertiary/aromatic N) is 4. The van der Waals surface area contributed by atoms with Crippen molar-refractivity contribution in [1.82, 2.24) is 46.6 Å². The van der Waals surface area contributed by atoms with E-state index in [2.05, 4.69) is 54.0 Å². The van der Waals surface area contributed by atoms with Gasteiger partial charge in [-0.3, -0.25) is 34.2 Å². The number of nitrogens with one attached hydrogen (secondary N) is 7. The Hall–Kier alpha value is -7.02. The third kappa shape index (κ3) is 21.2. The third-order valence-corrected chi connectivity index (χ3v) is 10.4. The first-order chi connectivity index (χ1) is 33.0. The number of amides is 8. The van der Waals surface area contributed by atoms with Gasteiger partial charge in [-0.2, -0.15) is 4.99 Å². The second kappa shape index (κ2) is 30.4. The van der Waals surface area contributed by atoms with Gasteiger partial charge < -0.3 is 61.5 Å². The normalized spacial score (nSPS) is 12.4. The Bertz CT molecular complexity index is 2190. The summed E-state index contributed by atoms with van der Waals surface area (Å²) in [5.41, 5.74) is 10.9. The van der Waals surface area contributed by atoms with Crippen LogP contribution < -0.4 is 43.1 Å². The number of primary amides is 1. The van der Waals surface area contributed by atoms with Crippen LogP contribution in [-0.4, -0.2) is 146 Å². The Morgan fingerprint density at radius 2 is 1.54 bits per heavy atom. The molecule has 3 aromatic rings. The number of aromatic nitrogens is 2. The summed E-state index contributed by atoms with van der Waals surface area (Å²) in [6, 6.07) is 8.30. The molecule has 3 atom stereocenters. The average Bonchev–Trinajstić information content (AvgIpc) is 3.67.